The summed E-state index contributed by atoms with van der Waals surface area (Å²) in [6.45, 7) is 0.639. The van der Waals surface area contributed by atoms with Gasteiger partial charge in [0.2, 0.25) is 5.91 Å². The first kappa shape index (κ1) is 18.4. The molecular weight excluding hydrogens is 340 g/mol. The average Bonchev–Trinajstić information content (AvgIpc) is 2.64. The molecule has 130 valence electrons. The second kappa shape index (κ2) is 9.41. The number of carbonyl (C=O) groups excluding carboxylic acids is 1. The van der Waals surface area contributed by atoms with Gasteiger partial charge < -0.3 is 15.2 Å². The number of hydrogen-bond acceptors (Lipinski definition) is 5. The maximum atomic E-state index is 11.7. The van der Waals surface area contributed by atoms with E-state index in [4.69, 9.17) is 22.2 Å². The predicted octanol–water partition coefficient (Wildman–Crippen LogP) is 2.25. The topological polar surface area (TPSA) is 90.8 Å². The van der Waals surface area contributed by atoms with Crippen molar-refractivity contribution in [1.29, 1.82) is 0 Å². The summed E-state index contributed by atoms with van der Waals surface area (Å²) >= 11 is 4.90. The van der Waals surface area contributed by atoms with Crippen molar-refractivity contribution in [2.75, 3.05) is 13.2 Å². The number of amides is 1. The van der Waals surface area contributed by atoms with Crippen molar-refractivity contribution < 1.29 is 19.8 Å². The van der Waals surface area contributed by atoms with Crippen molar-refractivity contribution in [2.24, 2.45) is 0 Å². The number of hydrogen-bond donors (Lipinski definition) is 4. The molecule has 4 N–H and O–H groups in total. The van der Waals surface area contributed by atoms with Gasteiger partial charge in [0.15, 0.2) is 0 Å². The summed E-state index contributed by atoms with van der Waals surface area (Å²) in [5, 5.41) is 21.0. The highest BCUT2D eigenvalue weighted by atomic mass is 32.1. The Morgan fingerprint density at radius 2 is 1.88 bits per heavy atom. The second-order valence-electron chi connectivity index (χ2n) is 5.00. The highest BCUT2D eigenvalue weighted by Crippen LogP contribution is 2.16. The molecule has 0 aliphatic carbocycles. The fourth-order valence-electron chi connectivity index (χ4n) is 1.96. The lowest BCUT2D eigenvalue weighted by molar-refractivity contribution is -0.116. The molecular formula is C18H18N2O4S. The molecule has 0 unspecified atom stereocenters. The second-order valence-corrected chi connectivity index (χ2v) is 5.41. The fourth-order valence-corrected chi connectivity index (χ4v) is 2.10. The van der Waals surface area contributed by atoms with Gasteiger partial charge in [0, 0.05) is 17.2 Å². The summed E-state index contributed by atoms with van der Waals surface area (Å²) in [4.78, 5) is 11.9. The minimum atomic E-state index is -0.276. The van der Waals surface area contributed by atoms with Crippen molar-refractivity contribution >= 4 is 29.2 Å². The summed E-state index contributed by atoms with van der Waals surface area (Å²) in [7, 11) is 0. The summed E-state index contributed by atoms with van der Waals surface area (Å²) in [5.41, 5.74) is 3.16. The maximum Gasteiger partial charge on any atom is 0.244 e. The van der Waals surface area contributed by atoms with Crippen LogP contribution in [0.5, 0.6) is 11.5 Å². The normalized spacial score (nSPS) is 10.4. The Hall–Kier alpha value is -2.90. The molecule has 6 nitrogen and oxygen atoms in total. The van der Waals surface area contributed by atoms with Gasteiger partial charge in [-0.1, -0.05) is 30.4 Å². The van der Waals surface area contributed by atoms with E-state index in [1.165, 1.54) is 6.08 Å². The number of ether oxygens (including phenoxy) is 1. The molecule has 2 aromatic carbocycles. The van der Waals surface area contributed by atoms with Gasteiger partial charge in [0.05, 0.1) is 6.54 Å². The van der Waals surface area contributed by atoms with Gasteiger partial charge in [-0.3, -0.25) is 15.5 Å². The number of aromatic hydroxyl groups is 1. The highest BCUT2D eigenvalue weighted by Gasteiger charge is 2.01. The zero-order valence-electron chi connectivity index (χ0n) is 13.3. The first-order valence-corrected chi connectivity index (χ1v) is 7.92. The molecule has 0 aliphatic heterocycles. The molecule has 0 bridgehead atoms. The van der Waals surface area contributed by atoms with E-state index in [0.29, 0.717) is 30.0 Å². The number of phenolic OH excluding ortho intramolecular Hbond substituents is 1. The number of nitrogens with one attached hydrogen (secondary N) is 2. The molecule has 25 heavy (non-hydrogen) atoms. The van der Waals surface area contributed by atoms with E-state index in [9.17, 15) is 9.90 Å². The standard InChI is InChI=1S/C18H18N2O4S/c21-16-4-2-1-3-13(16)7-10-17(22)19-11-12-24-15-8-5-14(6-9-15)18(25)20-23/h1-10,21,23H,11-12H2,(H,19,22)(H,20,25)/b10-7+. The van der Waals surface area contributed by atoms with E-state index in [1.807, 2.05) is 5.48 Å². The number of hydroxylamine groups is 1. The Labute approximate surface area is 150 Å². The maximum absolute atomic E-state index is 11.7. The van der Waals surface area contributed by atoms with Crippen LogP contribution in [0.4, 0.5) is 0 Å². The van der Waals surface area contributed by atoms with E-state index in [1.54, 1.807) is 54.6 Å². The minimum absolute atomic E-state index is 0.120. The number of carbonyl (C=O) groups is 1. The van der Waals surface area contributed by atoms with E-state index in [2.05, 4.69) is 5.32 Å². The van der Waals surface area contributed by atoms with Gasteiger partial charge in [0.25, 0.3) is 0 Å². The van der Waals surface area contributed by atoms with Gasteiger partial charge in [0.1, 0.15) is 23.1 Å². The van der Waals surface area contributed by atoms with Gasteiger partial charge >= 0.3 is 0 Å². The molecule has 1 amide bonds. The van der Waals surface area contributed by atoms with Crippen LogP contribution in [-0.4, -0.2) is 34.4 Å². The third-order valence-electron chi connectivity index (χ3n) is 3.24. The smallest absolute Gasteiger partial charge is 0.244 e. The number of phenols is 1. The fraction of sp³-hybridized carbons (Fsp3) is 0.111. The summed E-state index contributed by atoms with van der Waals surface area (Å²) in [6.07, 6.45) is 2.90. The molecule has 2 rings (SSSR count). The molecule has 2 aromatic rings. The zero-order valence-corrected chi connectivity index (χ0v) is 14.1. The third kappa shape index (κ3) is 5.91. The van der Waals surface area contributed by atoms with E-state index in [-0.39, 0.29) is 16.6 Å². The van der Waals surface area contributed by atoms with Crippen LogP contribution in [0.1, 0.15) is 11.1 Å². The number of rotatable bonds is 7. The Balaban J connectivity index is 1.73. The number of thiocarbonyl (C=S) groups is 1. The predicted molar refractivity (Wildman–Crippen MR) is 98.7 cm³/mol. The van der Waals surface area contributed by atoms with Gasteiger partial charge in [-0.05, 0) is 36.4 Å². The van der Waals surface area contributed by atoms with Gasteiger partial charge in [-0.2, -0.15) is 0 Å². The number of para-hydroxylation sites is 1. The van der Waals surface area contributed by atoms with Crippen LogP contribution in [0.15, 0.2) is 54.6 Å². The monoisotopic (exact) mass is 358 g/mol. The van der Waals surface area contributed by atoms with Crippen molar-refractivity contribution in [3.05, 3.63) is 65.7 Å². The van der Waals surface area contributed by atoms with Crippen molar-refractivity contribution in [3.63, 3.8) is 0 Å². The highest BCUT2D eigenvalue weighted by molar-refractivity contribution is 7.80. The largest absolute Gasteiger partial charge is 0.507 e. The summed E-state index contributed by atoms with van der Waals surface area (Å²) < 4.78 is 5.50. The lowest BCUT2D eigenvalue weighted by Crippen LogP contribution is -2.26. The van der Waals surface area contributed by atoms with E-state index in [0.717, 1.165) is 0 Å². The Kier molecular flexibility index (Phi) is 6.94. The zero-order chi connectivity index (χ0) is 18.1. The summed E-state index contributed by atoms with van der Waals surface area (Å²) in [6, 6.07) is 13.6. The van der Waals surface area contributed by atoms with Crippen molar-refractivity contribution in [2.45, 2.75) is 0 Å². The van der Waals surface area contributed by atoms with Crippen LogP contribution in [0.2, 0.25) is 0 Å². The van der Waals surface area contributed by atoms with Crippen LogP contribution in [0.3, 0.4) is 0 Å². The molecule has 0 radical (unpaired) electrons. The Morgan fingerprint density at radius 1 is 1.16 bits per heavy atom. The minimum Gasteiger partial charge on any atom is -0.507 e. The van der Waals surface area contributed by atoms with Crippen LogP contribution < -0.4 is 15.5 Å². The van der Waals surface area contributed by atoms with E-state index < -0.39 is 0 Å². The van der Waals surface area contributed by atoms with Crippen LogP contribution >= 0.6 is 12.2 Å². The molecule has 0 heterocycles. The van der Waals surface area contributed by atoms with Gasteiger partial charge in [-0.25, -0.2) is 0 Å². The van der Waals surface area contributed by atoms with Gasteiger partial charge in [-0.15, -0.1) is 0 Å². The first-order chi connectivity index (χ1) is 12.1. The molecule has 7 heteroatoms. The van der Waals surface area contributed by atoms with E-state index >= 15 is 0 Å². The van der Waals surface area contributed by atoms with Crippen LogP contribution in [-0.2, 0) is 4.79 Å². The van der Waals surface area contributed by atoms with Crippen molar-refractivity contribution in [3.8, 4) is 11.5 Å². The molecule has 0 aliphatic rings. The molecule has 0 fully saturated rings. The SMILES string of the molecule is O=C(/C=C/c1ccccc1O)NCCOc1ccc(C(=S)NO)cc1. The third-order valence-corrected chi connectivity index (χ3v) is 3.57. The first-order valence-electron chi connectivity index (χ1n) is 7.51. The quantitative estimate of drug-likeness (QED) is 0.263. The Morgan fingerprint density at radius 3 is 2.56 bits per heavy atom. The molecule has 0 spiro atoms. The lowest BCUT2D eigenvalue weighted by atomic mass is 10.2. The van der Waals surface area contributed by atoms with Crippen LogP contribution in [0, 0.1) is 0 Å². The van der Waals surface area contributed by atoms with Crippen molar-refractivity contribution in [1.82, 2.24) is 10.8 Å². The number of benzene rings is 2. The average molecular weight is 358 g/mol. The summed E-state index contributed by atoms with van der Waals surface area (Å²) in [5.74, 6) is 0.472. The van der Waals surface area contributed by atoms with Crippen LogP contribution in [0.25, 0.3) is 6.08 Å². The molecule has 0 saturated carbocycles. The Bertz CT molecular complexity index is 760. The molecule has 0 saturated heterocycles. The lowest BCUT2D eigenvalue weighted by Gasteiger charge is -2.08. The molecule has 0 atom stereocenters. The molecule has 0 aromatic heterocycles.